The first-order valence-electron chi connectivity index (χ1n) is 7.93. The van der Waals surface area contributed by atoms with E-state index in [0.717, 1.165) is 19.3 Å². The normalized spacial score (nSPS) is 13.5. The van der Waals surface area contributed by atoms with Gasteiger partial charge in [0, 0.05) is 0 Å². The first-order valence-corrected chi connectivity index (χ1v) is 7.93. The molecule has 0 aromatic heterocycles. The molecule has 0 amide bonds. The lowest BCUT2D eigenvalue weighted by Gasteiger charge is -2.18. The molecule has 0 heterocycles. The largest absolute Gasteiger partial charge is 0.207 e. The Morgan fingerprint density at radius 2 is 1.70 bits per heavy atom. The zero-order chi connectivity index (χ0) is 16.7. The van der Waals surface area contributed by atoms with Gasteiger partial charge in [0.15, 0.2) is 0 Å². The standard InChI is InChI=1S/C20H19F.C2H4/c1-15-6-2-4-8-19(15)20-9-5-3-7-17(20)14-16-10-12-18(21)13-11-16;1-2/h2,4-6,8-13H,3,7,14H2,1H3;1-2H2. The number of hydrogen-bond donors (Lipinski definition) is 0. The Kier molecular flexibility index (Phi) is 6.10. The molecule has 2 aromatic carbocycles. The van der Waals surface area contributed by atoms with E-state index in [9.17, 15) is 4.39 Å². The fourth-order valence-electron chi connectivity index (χ4n) is 2.90. The fourth-order valence-corrected chi connectivity index (χ4v) is 2.90. The van der Waals surface area contributed by atoms with Crippen molar-refractivity contribution in [2.45, 2.75) is 26.2 Å². The van der Waals surface area contributed by atoms with E-state index < -0.39 is 0 Å². The maximum atomic E-state index is 13.0. The Balaban J connectivity index is 0.000000924. The van der Waals surface area contributed by atoms with E-state index in [1.165, 1.54) is 27.8 Å². The Hall–Kier alpha value is -2.41. The van der Waals surface area contributed by atoms with Gasteiger partial charge >= 0.3 is 0 Å². The summed E-state index contributed by atoms with van der Waals surface area (Å²) in [7, 11) is 0. The molecule has 118 valence electrons. The molecule has 0 radical (unpaired) electrons. The van der Waals surface area contributed by atoms with Gasteiger partial charge in [-0.1, -0.05) is 54.1 Å². The van der Waals surface area contributed by atoms with Crippen LogP contribution in [0.2, 0.25) is 0 Å². The van der Waals surface area contributed by atoms with Crippen molar-refractivity contribution < 1.29 is 4.39 Å². The molecule has 1 aliphatic carbocycles. The first-order chi connectivity index (χ1) is 11.2. The summed E-state index contributed by atoms with van der Waals surface area (Å²) in [5, 5.41) is 0. The third-order valence-corrected chi connectivity index (χ3v) is 4.04. The Morgan fingerprint density at radius 3 is 2.39 bits per heavy atom. The van der Waals surface area contributed by atoms with Crippen molar-refractivity contribution in [1.82, 2.24) is 0 Å². The van der Waals surface area contributed by atoms with Crippen LogP contribution in [0.25, 0.3) is 5.57 Å². The Morgan fingerprint density at radius 1 is 1.00 bits per heavy atom. The average molecular weight is 306 g/mol. The van der Waals surface area contributed by atoms with Crippen LogP contribution in [0.4, 0.5) is 4.39 Å². The minimum absolute atomic E-state index is 0.171. The molecule has 23 heavy (non-hydrogen) atoms. The summed E-state index contributed by atoms with van der Waals surface area (Å²) in [6.07, 6.45) is 7.55. The maximum Gasteiger partial charge on any atom is 0.123 e. The molecule has 0 saturated heterocycles. The molecule has 0 nitrogen and oxygen atoms in total. The third-order valence-electron chi connectivity index (χ3n) is 4.04. The fraction of sp³-hybridized carbons (Fsp3) is 0.182. The van der Waals surface area contributed by atoms with Gasteiger partial charge in [0.25, 0.3) is 0 Å². The molecule has 2 aromatic rings. The number of hydrogen-bond acceptors (Lipinski definition) is 0. The minimum atomic E-state index is -0.171. The molecule has 3 rings (SSSR count). The summed E-state index contributed by atoms with van der Waals surface area (Å²) >= 11 is 0. The van der Waals surface area contributed by atoms with Crippen molar-refractivity contribution >= 4 is 5.57 Å². The third kappa shape index (κ3) is 4.29. The quantitative estimate of drug-likeness (QED) is 0.585. The summed E-state index contributed by atoms with van der Waals surface area (Å²) in [6, 6.07) is 15.4. The van der Waals surface area contributed by atoms with Gasteiger partial charge < -0.3 is 0 Å². The topological polar surface area (TPSA) is 0 Å². The van der Waals surface area contributed by atoms with E-state index in [0.29, 0.717) is 0 Å². The molecule has 1 heteroatoms. The van der Waals surface area contributed by atoms with Gasteiger partial charge in [0.1, 0.15) is 5.82 Å². The molecule has 0 saturated carbocycles. The number of benzene rings is 2. The van der Waals surface area contributed by atoms with Gasteiger partial charge in [-0.05, 0) is 60.6 Å². The number of allylic oxidation sites excluding steroid dienone is 4. The van der Waals surface area contributed by atoms with Gasteiger partial charge in [-0.15, -0.1) is 13.2 Å². The molecule has 0 spiro atoms. The summed E-state index contributed by atoms with van der Waals surface area (Å²) in [6.45, 7) is 8.15. The monoisotopic (exact) mass is 306 g/mol. The zero-order valence-electron chi connectivity index (χ0n) is 13.7. The number of halogens is 1. The second kappa shape index (κ2) is 8.28. The SMILES string of the molecule is C=C.Cc1ccccc1C1=C(Cc2ccc(F)cc2)CCC=C1. The summed E-state index contributed by atoms with van der Waals surface area (Å²) in [5.74, 6) is -0.171. The average Bonchev–Trinajstić information content (AvgIpc) is 2.60. The summed E-state index contributed by atoms with van der Waals surface area (Å²) in [4.78, 5) is 0. The first kappa shape index (κ1) is 17.0. The second-order valence-electron chi connectivity index (χ2n) is 5.58. The van der Waals surface area contributed by atoms with Crippen LogP contribution in [0.1, 0.15) is 29.5 Å². The molecule has 0 aliphatic heterocycles. The van der Waals surface area contributed by atoms with Crippen LogP contribution in [0, 0.1) is 12.7 Å². The lowest BCUT2D eigenvalue weighted by molar-refractivity contribution is 0.627. The highest BCUT2D eigenvalue weighted by Gasteiger charge is 2.12. The molecular formula is C22H23F. The van der Waals surface area contributed by atoms with Crippen LogP contribution in [0.5, 0.6) is 0 Å². The number of rotatable bonds is 3. The molecule has 0 N–H and O–H groups in total. The minimum Gasteiger partial charge on any atom is -0.207 e. The highest BCUT2D eigenvalue weighted by Crippen LogP contribution is 2.31. The maximum absolute atomic E-state index is 13.0. The molecular weight excluding hydrogens is 283 g/mol. The molecule has 0 unspecified atom stereocenters. The van der Waals surface area contributed by atoms with E-state index in [2.05, 4.69) is 56.5 Å². The van der Waals surface area contributed by atoms with E-state index in [-0.39, 0.29) is 5.82 Å². The van der Waals surface area contributed by atoms with Crippen molar-refractivity contribution in [3.05, 3.63) is 102 Å². The van der Waals surface area contributed by atoms with Gasteiger partial charge in [0.2, 0.25) is 0 Å². The lowest BCUT2D eigenvalue weighted by atomic mass is 9.87. The summed E-state index contributed by atoms with van der Waals surface area (Å²) < 4.78 is 13.0. The predicted octanol–water partition coefficient (Wildman–Crippen LogP) is 6.28. The molecule has 0 fully saturated rings. The van der Waals surface area contributed by atoms with Gasteiger partial charge in [-0.3, -0.25) is 0 Å². The van der Waals surface area contributed by atoms with Crippen molar-refractivity contribution in [2.24, 2.45) is 0 Å². The highest BCUT2D eigenvalue weighted by molar-refractivity contribution is 5.79. The number of aryl methyl sites for hydroxylation is 1. The van der Waals surface area contributed by atoms with Crippen LogP contribution < -0.4 is 0 Å². The second-order valence-corrected chi connectivity index (χ2v) is 5.58. The Bertz CT molecular complexity index is 705. The van der Waals surface area contributed by atoms with E-state index in [1.807, 2.05) is 12.1 Å². The van der Waals surface area contributed by atoms with Crippen molar-refractivity contribution in [3.63, 3.8) is 0 Å². The zero-order valence-corrected chi connectivity index (χ0v) is 13.7. The van der Waals surface area contributed by atoms with Crippen LogP contribution in [-0.4, -0.2) is 0 Å². The summed E-state index contributed by atoms with van der Waals surface area (Å²) in [5.41, 5.74) is 6.57. The lowest BCUT2D eigenvalue weighted by Crippen LogP contribution is -2.00. The van der Waals surface area contributed by atoms with Crippen LogP contribution in [0.15, 0.2) is 79.4 Å². The molecule has 0 atom stereocenters. The highest BCUT2D eigenvalue weighted by atomic mass is 19.1. The van der Waals surface area contributed by atoms with E-state index >= 15 is 0 Å². The smallest absolute Gasteiger partial charge is 0.123 e. The Labute approximate surface area is 138 Å². The van der Waals surface area contributed by atoms with Gasteiger partial charge in [-0.25, -0.2) is 4.39 Å². The predicted molar refractivity (Wildman–Crippen MR) is 97.8 cm³/mol. The van der Waals surface area contributed by atoms with Gasteiger partial charge in [0.05, 0.1) is 0 Å². The van der Waals surface area contributed by atoms with Crippen LogP contribution in [-0.2, 0) is 6.42 Å². The van der Waals surface area contributed by atoms with Gasteiger partial charge in [-0.2, -0.15) is 0 Å². The molecule has 1 aliphatic rings. The van der Waals surface area contributed by atoms with Crippen LogP contribution in [0.3, 0.4) is 0 Å². The van der Waals surface area contributed by atoms with Crippen molar-refractivity contribution in [3.8, 4) is 0 Å². The van der Waals surface area contributed by atoms with Crippen LogP contribution >= 0.6 is 0 Å². The van der Waals surface area contributed by atoms with E-state index in [4.69, 9.17) is 0 Å². The van der Waals surface area contributed by atoms with E-state index in [1.54, 1.807) is 12.1 Å². The molecule has 0 bridgehead atoms. The van der Waals surface area contributed by atoms with Crippen molar-refractivity contribution in [1.29, 1.82) is 0 Å². The van der Waals surface area contributed by atoms with Crippen molar-refractivity contribution in [2.75, 3.05) is 0 Å².